The van der Waals surface area contributed by atoms with E-state index in [0.717, 1.165) is 54.7 Å². The molecule has 0 N–H and O–H groups in total. The van der Waals surface area contributed by atoms with E-state index in [2.05, 4.69) is 16.8 Å². The molecule has 1 aromatic heterocycles. The predicted molar refractivity (Wildman–Crippen MR) is 149 cm³/mol. The van der Waals surface area contributed by atoms with E-state index in [1.54, 1.807) is 0 Å². The lowest BCUT2D eigenvalue weighted by molar-refractivity contribution is -0.133. The Morgan fingerprint density at radius 3 is 2.30 bits per heavy atom. The third-order valence-corrected chi connectivity index (χ3v) is 7.62. The number of hydrogen-bond acceptors (Lipinski definition) is 5. The first kappa shape index (κ1) is 25.4. The largest absolute Gasteiger partial charge is 0.441 e. The highest BCUT2D eigenvalue weighted by Crippen LogP contribution is 2.26. The molecule has 6 heteroatoms. The summed E-state index contributed by atoms with van der Waals surface area (Å²) in [4.78, 5) is 24.9. The fraction of sp³-hybridized carbons (Fsp3) is 0.419. The van der Waals surface area contributed by atoms with Crippen LogP contribution in [0.1, 0.15) is 36.5 Å². The molecular formula is C31H38N4O2. The Hall–Kier alpha value is -3.22. The zero-order valence-electron chi connectivity index (χ0n) is 21.9. The molecule has 194 valence electrons. The quantitative estimate of drug-likeness (QED) is 0.441. The van der Waals surface area contributed by atoms with Gasteiger partial charge < -0.3 is 14.2 Å². The van der Waals surface area contributed by atoms with Crippen LogP contribution in [0.15, 0.2) is 65.1 Å². The van der Waals surface area contributed by atoms with Crippen molar-refractivity contribution in [3.8, 4) is 11.3 Å². The van der Waals surface area contributed by atoms with Gasteiger partial charge in [-0.15, -0.1) is 0 Å². The number of rotatable bonds is 8. The molecule has 2 aliphatic heterocycles. The van der Waals surface area contributed by atoms with Crippen LogP contribution in [0.3, 0.4) is 0 Å². The van der Waals surface area contributed by atoms with E-state index >= 15 is 0 Å². The summed E-state index contributed by atoms with van der Waals surface area (Å²) in [5.41, 5.74) is 2.92. The molecule has 2 aromatic carbocycles. The van der Waals surface area contributed by atoms with Crippen LogP contribution in [0.2, 0.25) is 0 Å². The van der Waals surface area contributed by atoms with Gasteiger partial charge in [0.15, 0.2) is 0 Å². The molecule has 2 fully saturated rings. The lowest BCUT2D eigenvalue weighted by atomic mass is 9.96. The number of amides is 1. The van der Waals surface area contributed by atoms with E-state index < -0.39 is 0 Å². The average molecular weight is 499 g/mol. The molecule has 0 aliphatic carbocycles. The normalized spacial score (nSPS) is 18.0. The molecule has 0 unspecified atom stereocenters. The molecule has 37 heavy (non-hydrogen) atoms. The van der Waals surface area contributed by atoms with Crippen LogP contribution in [-0.4, -0.2) is 78.5 Å². The Bertz CT molecular complexity index is 1160. The second-order valence-electron chi connectivity index (χ2n) is 10.4. The van der Waals surface area contributed by atoms with Crippen LogP contribution in [0.25, 0.3) is 23.4 Å². The fourth-order valence-corrected chi connectivity index (χ4v) is 5.33. The van der Waals surface area contributed by atoms with Crippen molar-refractivity contribution in [2.45, 2.75) is 25.7 Å². The van der Waals surface area contributed by atoms with Crippen molar-refractivity contribution < 1.29 is 9.21 Å². The van der Waals surface area contributed by atoms with Gasteiger partial charge in [-0.05, 0) is 50.5 Å². The first-order chi connectivity index (χ1) is 18.1. The van der Waals surface area contributed by atoms with Gasteiger partial charge in [-0.2, -0.15) is 0 Å². The highest BCUT2D eigenvalue weighted by molar-refractivity contribution is 5.77. The number of likely N-dealkylation sites (tertiary alicyclic amines) is 1. The molecule has 0 atom stereocenters. The van der Waals surface area contributed by atoms with Crippen molar-refractivity contribution in [1.29, 1.82) is 0 Å². The van der Waals surface area contributed by atoms with Crippen LogP contribution >= 0.6 is 0 Å². The number of benzene rings is 2. The number of oxazole rings is 1. The van der Waals surface area contributed by atoms with E-state index in [1.165, 1.54) is 32.5 Å². The number of aryl methyl sites for hydroxylation is 1. The van der Waals surface area contributed by atoms with Crippen LogP contribution in [0, 0.1) is 5.92 Å². The summed E-state index contributed by atoms with van der Waals surface area (Å²) in [6.07, 6.45) is 7.46. The van der Waals surface area contributed by atoms with E-state index in [4.69, 9.17) is 9.40 Å². The first-order valence-corrected chi connectivity index (χ1v) is 13.6. The number of piperidine rings is 1. The number of carbonyl (C=O) groups excluding carboxylic acids is 1. The van der Waals surface area contributed by atoms with Gasteiger partial charge in [0.1, 0.15) is 11.5 Å². The minimum Gasteiger partial charge on any atom is -0.441 e. The van der Waals surface area contributed by atoms with Crippen molar-refractivity contribution in [2.75, 3.05) is 52.9 Å². The first-order valence-electron chi connectivity index (χ1n) is 13.6. The number of aromatic nitrogens is 1. The van der Waals surface area contributed by atoms with Crippen LogP contribution in [-0.2, 0) is 11.2 Å². The van der Waals surface area contributed by atoms with Gasteiger partial charge in [0.05, 0.1) is 0 Å². The second kappa shape index (κ2) is 12.3. The summed E-state index contributed by atoms with van der Waals surface area (Å²) in [5.74, 6) is 2.34. The van der Waals surface area contributed by atoms with Crippen LogP contribution < -0.4 is 0 Å². The number of hydrogen-bond donors (Lipinski definition) is 0. The van der Waals surface area contributed by atoms with Gasteiger partial charge in [0.2, 0.25) is 11.8 Å². The SMILES string of the molecule is CN1CCC(CN2CCN(C(=O)CCc3oc(/C=C/c4ccccc4)nc3-c3ccccc3)CC2)CC1. The minimum absolute atomic E-state index is 0.204. The molecule has 2 saturated heterocycles. The zero-order chi connectivity index (χ0) is 25.5. The molecule has 0 radical (unpaired) electrons. The second-order valence-corrected chi connectivity index (χ2v) is 10.4. The van der Waals surface area contributed by atoms with Crippen molar-refractivity contribution in [3.05, 3.63) is 77.9 Å². The number of piperazine rings is 1. The maximum atomic E-state index is 13.1. The summed E-state index contributed by atoms with van der Waals surface area (Å²) in [6.45, 7) is 7.18. The van der Waals surface area contributed by atoms with Crippen LogP contribution in [0.4, 0.5) is 0 Å². The zero-order valence-corrected chi connectivity index (χ0v) is 21.9. The number of nitrogens with zero attached hydrogens (tertiary/aromatic N) is 4. The lowest BCUT2D eigenvalue weighted by Gasteiger charge is -2.38. The van der Waals surface area contributed by atoms with E-state index in [9.17, 15) is 4.79 Å². The van der Waals surface area contributed by atoms with Crippen molar-refractivity contribution in [3.63, 3.8) is 0 Å². The van der Waals surface area contributed by atoms with E-state index in [1.807, 2.05) is 77.7 Å². The molecule has 1 amide bonds. The van der Waals surface area contributed by atoms with Gasteiger partial charge in [-0.3, -0.25) is 9.69 Å². The Morgan fingerprint density at radius 1 is 0.919 bits per heavy atom. The Kier molecular flexibility index (Phi) is 8.49. The van der Waals surface area contributed by atoms with E-state index in [-0.39, 0.29) is 5.91 Å². The third kappa shape index (κ3) is 6.96. The topological polar surface area (TPSA) is 52.8 Å². The number of carbonyl (C=O) groups is 1. The standard InChI is InChI=1S/C31H38N4O2/c1-33-18-16-26(17-19-33)24-34-20-22-35(23-21-34)30(36)15-13-28-31(27-10-6-3-7-11-27)32-29(37-28)14-12-25-8-4-2-5-9-25/h2-12,14,26H,13,15-24H2,1H3/b14-12+. The van der Waals surface area contributed by atoms with Gasteiger partial charge >= 0.3 is 0 Å². The minimum atomic E-state index is 0.204. The monoisotopic (exact) mass is 498 g/mol. The molecular weight excluding hydrogens is 460 g/mol. The van der Waals surface area contributed by atoms with E-state index in [0.29, 0.717) is 18.7 Å². The summed E-state index contributed by atoms with van der Waals surface area (Å²) in [6, 6.07) is 20.2. The summed E-state index contributed by atoms with van der Waals surface area (Å²) < 4.78 is 6.16. The van der Waals surface area contributed by atoms with Crippen molar-refractivity contribution in [2.24, 2.45) is 5.92 Å². The lowest BCUT2D eigenvalue weighted by Crippen LogP contribution is -2.50. The molecule has 6 nitrogen and oxygen atoms in total. The summed E-state index contributed by atoms with van der Waals surface area (Å²) in [7, 11) is 2.21. The van der Waals surface area contributed by atoms with Crippen molar-refractivity contribution >= 4 is 18.1 Å². The average Bonchev–Trinajstić information content (AvgIpc) is 3.36. The fourth-order valence-electron chi connectivity index (χ4n) is 5.33. The highest BCUT2D eigenvalue weighted by atomic mass is 16.4. The molecule has 5 rings (SSSR count). The molecule has 0 saturated carbocycles. The van der Waals surface area contributed by atoms with Gasteiger partial charge in [0, 0.05) is 57.2 Å². The summed E-state index contributed by atoms with van der Waals surface area (Å²) in [5, 5.41) is 0. The Labute approximate surface area is 220 Å². The maximum Gasteiger partial charge on any atom is 0.223 e. The molecule has 0 spiro atoms. The molecule has 3 aromatic rings. The predicted octanol–water partition coefficient (Wildman–Crippen LogP) is 4.93. The smallest absolute Gasteiger partial charge is 0.223 e. The van der Waals surface area contributed by atoms with Gasteiger partial charge in [-0.1, -0.05) is 60.7 Å². The van der Waals surface area contributed by atoms with Crippen molar-refractivity contribution in [1.82, 2.24) is 19.7 Å². The molecule has 0 bridgehead atoms. The summed E-state index contributed by atoms with van der Waals surface area (Å²) >= 11 is 0. The van der Waals surface area contributed by atoms with Gasteiger partial charge in [0.25, 0.3) is 0 Å². The molecule has 3 heterocycles. The maximum absolute atomic E-state index is 13.1. The van der Waals surface area contributed by atoms with Gasteiger partial charge in [-0.25, -0.2) is 4.98 Å². The molecule has 2 aliphatic rings. The Balaban J connectivity index is 1.18. The Morgan fingerprint density at radius 2 is 1.59 bits per heavy atom. The third-order valence-electron chi connectivity index (χ3n) is 7.62. The highest BCUT2D eigenvalue weighted by Gasteiger charge is 2.25. The van der Waals surface area contributed by atoms with Crippen LogP contribution in [0.5, 0.6) is 0 Å².